The fraction of sp³-hybridized carbons (Fsp3) is 0.300. The molecule has 3 rings (SSSR count). The summed E-state index contributed by atoms with van der Waals surface area (Å²) in [6.07, 6.45) is 2.17. The van der Waals surface area contributed by atoms with E-state index in [9.17, 15) is 9.59 Å². The largest absolute Gasteiger partial charge is 0.462 e. The van der Waals surface area contributed by atoms with E-state index in [0.717, 1.165) is 22.9 Å². The lowest BCUT2D eigenvalue weighted by Crippen LogP contribution is -2.31. The molecule has 3 aromatic rings. The fourth-order valence-electron chi connectivity index (χ4n) is 2.83. The second kappa shape index (κ2) is 8.51. The highest BCUT2D eigenvalue weighted by Gasteiger charge is 2.22. The molecule has 0 aliphatic carbocycles. The smallest absolute Gasteiger partial charge is 0.343 e. The maximum absolute atomic E-state index is 12.3. The summed E-state index contributed by atoms with van der Waals surface area (Å²) in [5, 5.41) is 10.7. The molecule has 0 unspecified atom stereocenters. The Balaban J connectivity index is 2.07. The molecule has 0 atom stereocenters. The number of esters is 1. The minimum absolute atomic E-state index is 0.168. The quantitative estimate of drug-likeness (QED) is 0.638. The van der Waals surface area contributed by atoms with Gasteiger partial charge in [-0.25, -0.2) is 14.6 Å². The van der Waals surface area contributed by atoms with Crippen molar-refractivity contribution in [2.75, 3.05) is 18.5 Å². The van der Waals surface area contributed by atoms with Crippen LogP contribution in [0.15, 0.2) is 36.5 Å². The van der Waals surface area contributed by atoms with E-state index in [0.29, 0.717) is 12.4 Å². The maximum Gasteiger partial charge on any atom is 0.343 e. The molecule has 2 aromatic heterocycles. The molecule has 2 N–H and O–H groups in total. The Morgan fingerprint density at radius 3 is 2.75 bits per heavy atom. The minimum Gasteiger partial charge on any atom is -0.462 e. The van der Waals surface area contributed by atoms with E-state index in [1.54, 1.807) is 6.92 Å². The van der Waals surface area contributed by atoms with Crippen molar-refractivity contribution in [3.63, 3.8) is 0 Å². The molecule has 8 heteroatoms. The SMILES string of the molecule is CCCNC(=O)Nc1c(C(=O)OCC)cnn1-c1cc(C)c2ccccc2n1. The summed E-state index contributed by atoms with van der Waals surface area (Å²) in [6.45, 7) is 6.39. The van der Waals surface area contributed by atoms with Crippen molar-refractivity contribution in [3.8, 4) is 5.82 Å². The van der Waals surface area contributed by atoms with Gasteiger partial charge in [0.25, 0.3) is 0 Å². The van der Waals surface area contributed by atoms with Gasteiger partial charge in [0.1, 0.15) is 5.56 Å². The van der Waals surface area contributed by atoms with Crippen LogP contribution in [0.2, 0.25) is 0 Å². The Morgan fingerprint density at radius 2 is 2.00 bits per heavy atom. The highest BCUT2D eigenvalue weighted by atomic mass is 16.5. The molecule has 0 bridgehead atoms. The van der Waals surface area contributed by atoms with Crippen LogP contribution in [0.1, 0.15) is 36.2 Å². The summed E-state index contributed by atoms with van der Waals surface area (Å²) in [5.41, 5.74) is 1.98. The topological polar surface area (TPSA) is 98.1 Å². The van der Waals surface area contributed by atoms with Crippen molar-refractivity contribution in [1.29, 1.82) is 0 Å². The van der Waals surface area contributed by atoms with Crippen molar-refractivity contribution in [2.24, 2.45) is 0 Å². The number of nitrogens with zero attached hydrogens (tertiary/aromatic N) is 3. The first-order valence-electron chi connectivity index (χ1n) is 9.21. The molecule has 0 saturated carbocycles. The zero-order chi connectivity index (χ0) is 20.1. The van der Waals surface area contributed by atoms with Crippen LogP contribution in [0, 0.1) is 6.92 Å². The van der Waals surface area contributed by atoms with Crippen LogP contribution in [-0.2, 0) is 4.74 Å². The van der Waals surface area contributed by atoms with E-state index in [4.69, 9.17) is 4.74 Å². The van der Waals surface area contributed by atoms with Crippen LogP contribution >= 0.6 is 0 Å². The second-order valence-electron chi connectivity index (χ2n) is 6.23. The van der Waals surface area contributed by atoms with E-state index in [1.165, 1.54) is 10.9 Å². The number of urea groups is 1. The lowest BCUT2D eigenvalue weighted by molar-refractivity contribution is 0.0527. The Morgan fingerprint density at radius 1 is 1.21 bits per heavy atom. The third-order valence-corrected chi connectivity index (χ3v) is 4.16. The van der Waals surface area contributed by atoms with Crippen LogP contribution in [0.25, 0.3) is 16.7 Å². The van der Waals surface area contributed by atoms with Crippen LogP contribution < -0.4 is 10.6 Å². The van der Waals surface area contributed by atoms with Gasteiger partial charge in [-0.2, -0.15) is 9.78 Å². The van der Waals surface area contributed by atoms with Crippen LogP contribution in [0.3, 0.4) is 0 Å². The zero-order valence-corrected chi connectivity index (χ0v) is 16.2. The monoisotopic (exact) mass is 381 g/mol. The van der Waals surface area contributed by atoms with Crippen LogP contribution in [0.5, 0.6) is 0 Å². The number of amides is 2. The molecular formula is C20H23N5O3. The van der Waals surface area contributed by atoms with Crippen molar-refractivity contribution >= 4 is 28.7 Å². The number of ether oxygens (including phenoxy) is 1. The number of fused-ring (bicyclic) bond motifs is 1. The lowest BCUT2D eigenvalue weighted by atomic mass is 10.1. The fourth-order valence-corrected chi connectivity index (χ4v) is 2.83. The van der Waals surface area contributed by atoms with Gasteiger partial charge in [-0.05, 0) is 38.0 Å². The Kier molecular flexibility index (Phi) is 5.88. The minimum atomic E-state index is -0.558. The van der Waals surface area contributed by atoms with Gasteiger partial charge < -0.3 is 10.1 Å². The van der Waals surface area contributed by atoms with Gasteiger partial charge in [0, 0.05) is 11.9 Å². The van der Waals surface area contributed by atoms with E-state index in [2.05, 4.69) is 20.7 Å². The molecule has 2 amide bonds. The number of para-hydroxylation sites is 1. The zero-order valence-electron chi connectivity index (χ0n) is 16.2. The van der Waals surface area contributed by atoms with Gasteiger partial charge in [0.05, 0.1) is 18.3 Å². The molecule has 2 heterocycles. The van der Waals surface area contributed by atoms with Crippen LogP contribution in [0.4, 0.5) is 10.6 Å². The third-order valence-electron chi connectivity index (χ3n) is 4.16. The number of aryl methyl sites for hydroxylation is 1. The average Bonchev–Trinajstić information content (AvgIpc) is 3.10. The second-order valence-corrected chi connectivity index (χ2v) is 6.23. The number of hydrogen-bond acceptors (Lipinski definition) is 5. The summed E-state index contributed by atoms with van der Waals surface area (Å²) in [4.78, 5) is 29.2. The normalized spacial score (nSPS) is 10.7. The molecule has 28 heavy (non-hydrogen) atoms. The van der Waals surface area contributed by atoms with E-state index >= 15 is 0 Å². The number of rotatable bonds is 6. The summed E-state index contributed by atoms with van der Waals surface area (Å²) >= 11 is 0. The van der Waals surface area contributed by atoms with Gasteiger partial charge in [-0.3, -0.25) is 5.32 Å². The highest BCUT2D eigenvalue weighted by molar-refractivity contribution is 6.00. The van der Waals surface area contributed by atoms with Crippen molar-refractivity contribution in [2.45, 2.75) is 27.2 Å². The van der Waals surface area contributed by atoms with Crippen molar-refractivity contribution < 1.29 is 14.3 Å². The van der Waals surface area contributed by atoms with E-state index < -0.39 is 12.0 Å². The molecule has 0 aliphatic rings. The number of aromatic nitrogens is 3. The van der Waals surface area contributed by atoms with Crippen molar-refractivity contribution in [3.05, 3.63) is 47.7 Å². The number of pyridine rings is 1. The first-order chi connectivity index (χ1) is 13.5. The van der Waals surface area contributed by atoms with Gasteiger partial charge in [0.2, 0.25) is 0 Å². The molecule has 8 nitrogen and oxygen atoms in total. The number of benzene rings is 1. The average molecular weight is 381 g/mol. The summed E-state index contributed by atoms with van der Waals surface area (Å²) < 4.78 is 6.53. The van der Waals surface area contributed by atoms with Gasteiger partial charge >= 0.3 is 12.0 Å². The predicted molar refractivity (Wildman–Crippen MR) is 107 cm³/mol. The standard InChI is InChI=1S/C20H23N5O3/c1-4-10-21-20(27)24-18-15(19(26)28-5-2)12-22-25(18)17-11-13(3)14-8-6-7-9-16(14)23-17/h6-9,11-12H,4-5,10H2,1-3H3,(H2,21,24,27). The predicted octanol–water partition coefficient (Wildman–Crippen LogP) is 3.44. The molecule has 0 saturated heterocycles. The van der Waals surface area contributed by atoms with E-state index in [-0.39, 0.29) is 18.0 Å². The molecule has 0 aliphatic heterocycles. The number of carbonyl (C=O) groups is 2. The summed E-state index contributed by atoms with van der Waals surface area (Å²) in [5.74, 6) is 0.156. The lowest BCUT2D eigenvalue weighted by Gasteiger charge is -2.12. The number of anilines is 1. The first-order valence-corrected chi connectivity index (χ1v) is 9.21. The van der Waals surface area contributed by atoms with Gasteiger partial charge in [-0.15, -0.1) is 0 Å². The molecule has 0 spiro atoms. The Labute approximate surface area is 162 Å². The first kappa shape index (κ1) is 19.3. The van der Waals surface area contributed by atoms with E-state index in [1.807, 2.05) is 44.2 Å². The molecule has 0 fully saturated rings. The Bertz CT molecular complexity index is 1010. The van der Waals surface area contributed by atoms with Crippen LogP contribution in [-0.4, -0.2) is 39.9 Å². The molecule has 0 radical (unpaired) electrons. The molecular weight excluding hydrogens is 358 g/mol. The highest BCUT2D eigenvalue weighted by Crippen LogP contribution is 2.24. The number of hydrogen-bond donors (Lipinski definition) is 2. The summed E-state index contributed by atoms with van der Waals surface area (Å²) in [6, 6.07) is 9.19. The third kappa shape index (κ3) is 3.95. The number of carbonyl (C=O) groups excluding carboxylic acids is 2. The summed E-state index contributed by atoms with van der Waals surface area (Å²) in [7, 11) is 0. The maximum atomic E-state index is 12.3. The van der Waals surface area contributed by atoms with Gasteiger partial charge in [-0.1, -0.05) is 25.1 Å². The van der Waals surface area contributed by atoms with Crippen molar-refractivity contribution in [1.82, 2.24) is 20.1 Å². The van der Waals surface area contributed by atoms with Gasteiger partial charge in [0.15, 0.2) is 11.6 Å². The molecule has 146 valence electrons. The number of nitrogens with one attached hydrogen (secondary N) is 2. The molecule has 1 aromatic carbocycles. The Hall–Kier alpha value is -3.42.